The number of rotatable bonds is 4. The molecule has 21 heavy (non-hydrogen) atoms. The van der Waals surface area contributed by atoms with E-state index in [0.29, 0.717) is 42.5 Å². The van der Waals surface area contributed by atoms with Crippen molar-refractivity contribution in [2.24, 2.45) is 0 Å². The second-order valence-electron chi connectivity index (χ2n) is 5.18. The van der Waals surface area contributed by atoms with Gasteiger partial charge >= 0.3 is 0 Å². The Balaban J connectivity index is 2.24. The SMILES string of the molecule is CCC(C)(OC)C(=O)Nc1cc2c(cc1N)OCCCO2. The molecule has 6 nitrogen and oxygen atoms in total. The Hall–Kier alpha value is -1.95. The van der Waals surface area contributed by atoms with E-state index in [0.717, 1.165) is 6.42 Å². The average Bonchev–Trinajstić information content (AvgIpc) is 2.71. The maximum absolute atomic E-state index is 12.3. The summed E-state index contributed by atoms with van der Waals surface area (Å²) in [6.45, 7) is 4.80. The minimum absolute atomic E-state index is 0.242. The predicted octanol–water partition coefficient (Wildman–Crippen LogP) is 2.18. The topological polar surface area (TPSA) is 82.8 Å². The number of nitrogen functional groups attached to an aromatic ring is 1. The molecule has 0 aliphatic carbocycles. The molecule has 0 saturated heterocycles. The Morgan fingerprint density at radius 1 is 1.38 bits per heavy atom. The van der Waals surface area contributed by atoms with Crippen LogP contribution in [0.15, 0.2) is 12.1 Å². The number of carbonyl (C=O) groups is 1. The number of benzene rings is 1. The third-order valence-corrected chi connectivity index (χ3v) is 3.77. The Morgan fingerprint density at radius 2 is 2.00 bits per heavy atom. The van der Waals surface area contributed by atoms with Crippen LogP contribution < -0.4 is 20.5 Å². The van der Waals surface area contributed by atoms with Crippen LogP contribution in [0.3, 0.4) is 0 Å². The van der Waals surface area contributed by atoms with Crippen LogP contribution in [0.5, 0.6) is 11.5 Å². The van der Waals surface area contributed by atoms with E-state index in [4.69, 9.17) is 19.9 Å². The molecule has 1 aliphatic heterocycles. The molecule has 6 heteroatoms. The van der Waals surface area contributed by atoms with E-state index in [2.05, 4.69) is 5.32 Å². The number of hydrogen-bond donors (Lipinski definition) is 2. The zero-order valence-corrected chi connectivity index (χ0v) is 12.7. The van der Waals surface area contributed by atoms with Gasteiger partial charge < -0.3 is 25.3 Å². The Morgan fingerprint density at radius 3 is 2.57 bits per heavy atom. The summed E-state index contributed by atoms with van der Waals surface area (Å²) in [5.74, 6) is 0.953. The third kappa shape index (κ3) is 3.21. The van der Waals surface area contributed by atoms with E-state index in [1.54, 1.807) is 19.1 Å². The van der Waals surface area contributed by atoms with Crippen LogP contribution in [0, 0.1) is 0 Å². The van der Waals surface area contributed by atoms with E-state index in [9.17, 15) is 4.79 Å². The van der Waals surface area contributed by atoms with Gasteiger partial charge in [-0.2, -0.15) is 0 Å². The Bertz CT molecular complexity index is 527. The van der Waals surface area contributed by atoms with Crippen LogP contribution in [-0.2, 0) is 9.53 Å². The monoisotopic (exact) mass is 294 g/mol. The zero-order valence-electron chi connectivity index (χ0n) is 12.7. The number of nitrogens with two attached hydrogens (primary N) is 1. The molecule has 116 valence electrons. The van der Waals surface area contributed by atoms with Crippen LogP contribution in [-0.4, -0.2) is 31.8 Å². The summed E-state index contributed by atoms with van der Waals surface area (Å²) in [5, 5.41) is 2.80. The number of ether oxygens (including phenoxy) is 3. The molecule has 0 saturated carbocycles. The van der Waals surface area contributed by atoms with Crippen molar-refractivity contribution in [1.82, 2.24) is 0 Å². The van der Waals surface area contributed by atoms with E-state index in [1.807, 2.05) is 6.92 Å². The first-order chi connectivity index (χ1) is 10.00. The normalized spacial score (nSPS) is 16.7. The lowest BCUT2D eigenvalue weighted by atomic mass is 10.0. The number of nitrogens with one attached hydrogen (secondary N) is 1. The van der Waals surface area contributed by atoms with Crippen molar-refractivity contribution in [1.29, 1.82) is 0 Å². The minimum Gasteiger partial charge on any atom is -0.489 e. The molecule has 1 aliphatic rings. The fourth-order valence-corrected chi connectivity index (χ4v) is 1.98. The van der Waals surface area contributed by atoms with Gasteiger partial charge in [0.05, 0.1) is 24.6 Å². The summed E-state index contributed by atoms with van der Waals surface area (Å²) in [6.07, 6.45) is 1.37. The second kappa shape index (κ2) is 6.22. The van der Waals surface area contributed by atoms with E-state index in [-0.39, 0.29) is 5.91 Å². The van der Waals surface area contributed by atoms with Crippen LogP contribution in [0.2, 0.25) is 0 Å². The van der Waals surface area contributed by atoms with Gasteiger partial charge in [-0.25, -0.2) is 0 Å². The van der Waals surface area contributed by atoms with E-state index in [1.165, 1.54) is 7.11 Å². The summed E-state index contributed by atoms with van der Waals surface area (Å²) in [4.78, 5) is 12.3. The Kier molecular flexibility index (Phi) is 4.57. The van der Waals surface area contributed by atoms with Crippen molar-refractivity contribution in [3.63, 3.8) is 0 Å². The molecule has 1 atom stereocenters. The average molecular weight is 294 g/mol. The van der Waals surface area contributed by atoms with E-state index < -0.39 is 5.60 Å². The first-order valence-corrected chi connectivity index (χ1v) is 7.06. The molecule has 1 unspecified atom stereocenters. The van der Waals surface area contributed by atoms with Gasteiger partial charge in [-0.1, -0.05) is 6.92 Å². The molecule has 0 bridgehead atoms. The smallest absolute Gasteiger partial charge is 0.256 e. The number of amides is 1. The summed E-state index contributed by atoms with van der Waals surface area (Å²) in [6, 6.07) is 3.37. The molecule has 1 aromatic rings. The van der Waals surface area contributed by atoms with Crippen molar-refractivity contribution in [2.75, 3.05) is 31.4 Å². The highest BCUT2D eigenvalue weighted by molar-refractivity contribution is 5.99. The van der Waals surface area contributed by atoms with Gasteiger partial charge in [0.15, 0.2) is 11.5 Å². The quantitative estimate of drug-likeness (QED) is 0.832. The van der Waals surface area contributed by atoms with Gasteiger partial charge in [0.1, 0.15) is 5.60 Å². The summed E-state index contributed by atoms with van der Waals surface area (Å²) >= 11 is 0. The lowest BCUT2D eigenvalue weighted by Crippen LogP contribution is -2.41. The van der Waals surface area contributed by atoms with Gasteiger partial charge in [-0.3, -0.25) is 4.79 Å². The van der Waals surface area contributed by atoms with E-state index >= 15 is 0 Å². The standard InChI is InChI=1S/C15H22N2O4/c1-4-15(2,19-3)14(18)17-11-9-13-12(8-10(11)16)20-6-5-7-21-13/h8-9H,4-7,16H2,1-3H3,(H,17,18). The first kappa shape index (κ1) is 15.4. The van der Waals surface area contributed by atoms with Gasteiger partial charge in [0.25, 0.3) is 5.91 Å². The first-order valence-electron chi connectivity index (χ1n) is 7.06. The lowest BCUT2D eigenvalue weighted by Gasteiger charge is -2.25. The van der Waals surface area contributed by atoms with Crippen molar-refractivity contribution >= 4 is 17.3 Å². The largest absolute Gasteiger partial charge is 0.489 e. The van der Waals surface area contributed by atoms with Gasteiger partial charge in [-0.05, 0) is 13.3 Å². The second-order valence-corrected chi connectivity index (χ2v) is 5.18. The Labute approximate surface area is 124 Å². The molecule has 0 fully saturated rings. The molecular weight excluding hydrogens is 272 g/mol. The highest BCUT2D eigenvalue weighted by Crippen LogP contribution is 2.37. The predicted molar refractivity (Wildman–Crippen MR) is 80.8 cm³/mol. The zero-order chi connectivity index (χ0) is 15.5. The molecule has 2 rings (SSSR count). The lowest BCUT2D eigenvalue weighted by molar-refractivity contribution is -0.136. The molecule has 1 amide bonds. The van der Waals surface area contributed by atoms with Gasteiger partial charge in [-0.15, -0.1) is 0 Å². The van der Waals surface area contributed by atoms with Crippen molar-refractivity contribution < 1.29 is 19.0 Å². The molecule has 0 radical (unpaired) electrons. The number of fused-ring (bicyclic) bond motifs is 1. The van der Waals surface area contributed by atoms with Crippen molar-refractivity contribution in [3.8, 4) is 11.5 Å². The van der Waals surface area contributed by atoms with Crippen LogP contribution in [0.25, 0.3) is 0 Å². The number of hydrogen-bond acceptors (Lipinski definition) is 5. The molecular formula is C15H22N2O4. The number of anilines is 2. The third-order valence-electron chi connectivity index (χ3n) is 3.77. The number of carbonyl (C=O) groups excluding carboxylic acids is 1. The maximum Gasteiger partial charge on any atom is 0.256 e. The summed E-state index contributed by atoms with van der Waals surface area (Å²) in [7, 11) is 1.51. The van der Waals surface area contributed by atoms with Crippen LogP contribution in [0.4, 0.5) is 11.4 Å². The molecule has 1 heterocycles. The fraction of sp³-hybridized carbons (Fsp3) is 0.533. The van der Waals surface area contributed by atoms with Crippen LogP contribution in [0.1, 0.15) is 26.7 Å². The van der Waals surface area contributed by atoms with Crippen molar-refractivity contribution in [2.45, 2.75) is 32.3 Å². The number of methoxy groups -OCH3 is 1. The van der Waals surface area contributed by atoms with Crippen LogP contribution >= 0.6 is 0 Å². The maximum atomic E-state index is 12.3. The van der Waals surface area contributed by atoms with Crippen molar-refractivity contribution in [3.05, 3.63) is 12.1 Å². The molecule has 3 N–H and O–H groups in total. The fourth-order valence-electron chi connectivity index (χ4n) is 1.98. The van der Waals surface area contributed by atoms with Gasteiger partial charge in [0.2, 0.25) is 0 Å². The highest BCUT2D eigenvalue weighted by Gasteiger charge is 2.31. The van der Waals surface area contributed by atoms with Gasteiger partial charge in [0, 0.05) is 25.7 Å². The summed E-state index contributed by atoms with van der Waals surface area (Å²) < 4.78 is 16.4. The minimum atomic E-state index is -0.892. The highest BCUT2D eigenvalue weighted by atomic mass is 16.5. The molecule has 1 aromatic carbocycles. The molecule has 0 spiro atoms. The molecule has 0 aromatic heterocycles. The summed E-state index contributed by atoms with van der Waals surface area (Å²) in [5.41, 5.74) is 6.02.